The third-order valence-corrected chi connectivity index (χ3v) is 4.22. The normalized spacial score (nSPS) is 14.6. The monoisotopic (exact) mass is 326 g/mol. The smallest absolute Gasteiger partial charge is 0.249 e. The van der Waals surface area contributed by atoms with Gasteiger partial charge in [0, 0.05) is 38.8 Å². The van der Waals surface area contributed by atoms with Gasteiger partial charge in [0.25, 0.3) is 0 Å². The molecule has 1 aromatic carbocycles. The Kier molecular flexibility index (Phi) is 4.59. The zero-order chi connectivity index (χ0) is 17.1. The van der Waals surface area contributed by atoms with Crippen LogP contribution in [0.3, 0.4) is 0 Å². The van der Waals surface area contributed by atoms with Crippen molar-refractivity contribution in [3.63, 3.8) is 0 Å². The molecular formula is C17H22N6O. The molecule has 0 aliphatic carbocycles. The molecule has 1 saturated heterocycles. The fourth-order valence-electron chi connectivity index (χ4n) is 2.82. The van der Waals surface area contributed by atoms with Crippen LogP contribution in [0.15, 0.2) is 24.4 Å². The predicted molar refractivity (Wildman–Crippen MR) is 93.5 cm³/mol. The molecule has 24 heavy (non-hydrogen) atoms. The molecule has 1 N–H and O–H groups in total. The summed E-state index contributed by atoms with van der Waals surface area (Å²) in [5.41, 5.74) is 3.33. The van der Waals surface area contributed by atoms with Crippen LogP contribution in [-0.4, -0.2) is 52.2 Å². The van der Waals surface area contributed by atoms with Crippen LogP contribution in [0.4, 0.5) is 17.5 Å². The molecule has 3 rings (SSSR count). The van der Waals surface area contributed by atoms with Gasteiger partial charge in [0.05, 0.1) is 6.20 Å². The molecule has 1 aliphatic heterocycles. The maximum atomic E-state index is 11.4. The quantitative estimate of drug-likeness (QED) is 0.928. The number of hydrogen-bond donors (Lipinski definition) is 1. The van der Waals surface area contributed by atoms with Crippen molar-refractivity contribution >= 4 is 23.4 Å². The molecule has 0 spiro atoms. The Morgan fingerprint density at radius 2 is 1.92 bits per heavy atom. The van der Waals surface area contributed by atoms with Crippen molar-refractivity contribution in [2.45, 2.75) is 20.8 Å². The molecule has 0 radical (unpaired) electrons. The number of nitrogens with one attached hydrogen (secondary N) is 1. The number of nitrogens with zero attached hydrogens (tertiary/aromatic N) is 5. The third-order valence-electron chi connectivity index (χ3n) is 4.22. The van der Waals surface area contributed by atoms with Gasteiger partial charge in [-0.1, -0.05) is 17.7 Å². The van der Waals surface area contributed by atoms with E-state index in [0.29, 0.717) is 19.0 Å². The second kappa shape index (κ2) is 6.82. The molecule has 1 aromatic heterocycles. The molecule has 0 atom stereocenters. The topological polar surface area (TPSA) is 74.2 Å². The number of carbonyl (C=O) groups excluding carboxylic acids is 1. The molecule has 7 heteroatoms. The second-order valence-corrected chi connectivity index (χ2v) is 6.07. The lowest BCUT2D eigenvalue weighted by Crippen LogP contribution is -2.48. The number of benzene rings is 1. The summed E-state index contributed by atoms with van der Waals surface area (Å²) in [5, 5.41) is 11.4. The molecular weight excluding hydrogens is 304 g/mol. The Hall–Kier alpha value is -2.70. The molecule has 0 saturated carbocycles. The van der Waals surface area contributed by atoms with Crippen LogP contribution in [0.2, 0.25) is 0 Å². The van der Waals surface area contributed by atoms with E-state index in [0.717, 1.165) is 30.2 Å². The number of amides is 1. The van der Waals surface area contributed by atoms with Gasteiger partial charge in [0.1, 0.15) is 0 Å². The van der Waals surface area contributed by atoms with Crippen LogP contribution in [-0.2, 0) is 4.79 Å². The summed E-state index contributed by atoms with van der Waals surface area (Å²) in [6.07, 6.45) is 1.66. The largest absolute Gasteiger partial charge is 0.352 e. The molecule has 126 valence electrons. The first kappa shape index (κ1) is 16.2. The van der Waals surface area contributed by atoms with Crippen molar-refractivity contribution in [3.05, 3.63) is 35.5 Å². The third kappa shape index (κ3) is 3.61. The SMILES string of the molecule is CC(=O)N1CCN(c2cnnc(Nc3ccc(C)cc3C)n2)CC1. The standard InChI is InChI=1S/C17H22N6O/c1-12-4-5-15(13(2)10-12)19-17-20-16(11-18-21-17)23-8-6-22(7-9-23)14(3)24/h4-5,10-11H,6-9H2,1-3H3,(H,19,20,21). The molecule has 0 bridgehead atoms. The Labute approximate surface area is 141 Å². The maximum Gasteiger partial charge on any atom is 0.249 e. The second-order valence-electron chi connectivity index (χ2n) is 6.07. The van der Waals surface area contributed by atoms with Crippen LogP contribution < -0.4 is 10.2 Å². The summed E-state index contributed by atoms with van der Waals surface area (Å²) in [6, 6.07) is 6.18. The van der Waals surface area contributed by atoms with Crippen molar-refractivity contribution in [2.24, 2.45) is 0 Å². The van der Waals surface area contributed by atoms with Crippen molar-refractivity contribution < 1.29 is 4.79 Å². The number of carbonyl (C=O) groups is 1. The van der Waals surface area contributed by atoms with E-state index >= 15 is 0 Å². The molecule has 0 unspecified atom stereocenters. The number of anilines is 3. The number of rotatable bonds is 3. The van der Waals surface area contributed by atoms with Gasteiger partial charge in [-0.25, -0.2) is 0 Å². The average molecular weight is 326 g/mol. The maximum absolute atomic E-state index is 11.4. The van der Waals surface area contributed by atoms with Crippen molar-refractivity contribution in [1.29, 1.82) is 0 Å². The van der Waals surface area contributed by atoms with Crippen LogP contribution in [0, 0.1) is 13.8 Å². The average Bonchev–Trinajstić information content (AvgIpc) is 2.58. The van der Waals surface area contributed by atoms with Gasteiger partial charge in [-0.05, 0) is 25.5 Å². The first-order valence-corrected chi connectivity index (χ1v) is 8.07. The molecule has 1 amide bonds. The van der Waals surface area contributed by atoms with E-state index in [1.54, 1.807) is 13.1 Å². The molecule has 7 nitrogen and oxygen atoms in total. The Morgan fingerprint density at radius 1 is 1.17 bits per heavy atom. The molecule has 2 aromatic rings. The van der Waals surface area contributed by atoms with Gasteiger partial charge in [-0.3, -0.25) is 4.79 Å². The molecule has 1 aliphatic rings. The highest BCUT2D eigenvalue weighted by Crippen LogP contribution is 2.20. The highest BCUT2D eigenvalue weighted by molar-refractivity contribution is 5.73. The van der Waals surface area contributed by atoms with Gasteiger partial charge in [0.15, 0.2) is 5.82 Å². The van der Waals surface area contributed by atoms with Crippen LogP contribution in [0.5, 0.6) is 0 Å². The highest BCUT2D eigenvalue weighted by Gasteiger charge is 2.20. The number of piperazine rings is 1. The predicted octanol–water partition coefficient (Wildman–Crippen LogP) is 1.90. The fourth-order valence-corrected chi connectivity index (χ4v) is 2.82. The van der Waals surface area contributed by atoms with Gasteiger partial charge in [-0.2, -0.15) is 10.1 Å². The lowest BCUT2D eigenvalue weighted by atomic mass is 10.1. The lowest BCUT2D eigenvalue weighted by molar-refractivity contribution is -0.129. The van der Waals surface area contributed by atoms with Crippen LogP contribution in [0.1, 0.15) is 18.1 Å². The van der Waals surface area contributed by atoms with Gasteiger partial charge in [-0.15, -0.1) is 5.10 Å². The molecule has 2 heterocycles. The van der Waals surface area contributed by atoms with E-state index in [1.807, 2.05) is 24.0 Å². The lowest BCUT2D eigenvalue weighted by Gasteiger charge is -2.34. The summed E-state index contributed by atoms with van der Waals surface area (Å²) in [4.78, 5) is 20.0. The minimum Gasteiger partial charge on any atom is -0.352 e. The van der Waals surface area contributed by atoms with Crippen molar-refractivity contribution in [3.8, 4) is 0 Å². The summed E-state index contributed by atoms with van der Waals surface area (Å²) in [5.74, 6) is 1.38. The van der Waals surface area contributed by atoms with E-state index in [-0.39, 0.29) is 5.91 Å². The summed E-state index contributed by atoms with van der Waals surface area (Å²) in [7, 11) is 0. The summed E-state index contributed by atoms with van der Waals surface area (Å²) in [6.45, 7) is 8.64. The van der Waals surface area contributed by atoms with Crippen LogP contribution in [0.25, 0.3) is 0 Å². The van der Waals surface area contributed by atoms with Gasteiger partial charge < -0.3 is 15.1 Å². The Bertz CT molecular complexity index is 740. The molecule has 1 fully saturated rings. The zero-order valence-corrected chi connectivity index (χ0v) is 14.3. The number of hydrogen-bond acceptors (Lipinski definition) is 6. The van der Waals surface area contributed by atoms with Crippen LogP contribution >= 0.6 is 0 Å². The minimum absolute atomic E-state index is 0.118. The fraction of sp³-hybridized carbons (Fsp3) is 0.412. The van der Waals surface area contributed by atoms with Crippen molar-refractivity contribution in [1.82, 2.24) is 20.1 Å². The number of aromatic nitrogens is 3. The first-order valence-electron chi connectivity index (χ1n) is 8.07. The Morgan fingerprint density at radius 3 is 2.58 bits per heavy atom. The van der Waals surface area contributed by atoms with E-state index in [1.165, 1.54) is 5.56 Å². The summed E-state index contributed by atoms with van der Waals surface area (Å²) < 4.78 is 0. The zero-order valence-electron chi connectivity index (χ0n) is 14.3. The van der Waals surface area contributed by atoms with E-state index < -0.39 is 0 Å². The first-order chi connectivity index (χ1) is 11.5. The van der Waals surface area contributed by atoms with Gasteiger partial charge in [0.2, 0.25) is 11.9 Å². The summed E-state index contributed by atoms with van der Waals surface area (Å²) >= 11 is 0. The number of aryl methyl sites for hydroxylation is 2. The van der Waals surface area contributed by atoms with Gasteiger partial charge >= 0.3 is 0 Å². The minimum atomic E-state index is 0.118. The van der Waals surface area contributed by atoms with E-state index in [4.69, 9.17) is 0 Å². The van der Waals surface area contributed by atoms with E-state index in [9.17, 15) is 4.79 Å². The van der Waals surface area contributed by atoms with E-state index in [2.05, 4.69) is 38.4 Å². The highest BCUT2D eigenvalue weighted by atomic mass is 16.2. The van der Waals surface area contributed by atoms with Crippen molar-refractivity contribution in [2.75, 3.05) is 36.4 Å². The Balaban J connectivity index is 1.71.